The van der Waals surface area contributed by atoms with E-state index in [2.05, 4.69) is 0 Å². The molecule has 13 heavy (non-hydrogen) atoms. The van der Waals surface area contributed by atoms with Crippen molar-refractivity contribution in [2.24, 2.45) is 0 Å². The van der Waals surface area contributed by atoms with Gasteiger partial charge in [0.1, 0.15) is 0 Å². The van der Waals surface area contributed by atoms with Gasteiger partial charge in [-0.1, -0.05) is 19.1 Å². The highest BCUT2D eigenvalue weighted by Crippen LogP contribution is 2.25. The van der Waals surface area contributed by atoms with Crippen LogP contribution in [0.2, 0.25) is 0 Å². The molecule has 1 aromatic carbocycles. The van der Waals surface area contributed by atoms with Gasteiger partial charge in [0.15, 0.2) is 17.8 Å². The van der Waals surface area contributed by atoms with E-state index >= 15 is 0 Å². The highest BCUT2D eigenvalue weighted by atomic mass is 16.7. The summed E-state index contributed by atoms with van der Waals surface area (Å²) >= 11 is 0. The fraction of sp³-hybridized carbons (Fsp3) is 0.400. The van der Waals surface area contributed by atoms with Crippen LogP contribution in [-0.4, -0.2) is 18.5 Å². The van der Waals surface area contributed by atoms with Gasteiger partial charge >= 0.3 is 0 Å². The van der Waals surface area contributed by atoms with E-state index in [9.17, 15) is 5.11 Å². The van der Waals surface area contributed by atoms with E-state index in [4.69, 9.17) is 9.47 Å². The maximum absolute atomic E-state index is 9.37. The van der Waals surface area contributed by atoms with Crippen LogP contribution in [0.1, 0.15) is 13.3 Å². The normalized spacial score (nSPS) is 12.5. The van der Waals surface area contributed by atoms with Crippen molar-refractivity contribution in [3.8, 4) is 11.5 Å². The van der Waals surface area contributed by atoms with Crippen LogP contribution in [0.3, 0.4) is 0 Å². The summed E-state index contributed by atoms with van der Waals surface area (Å²) in [4.78, 5) is 0. The second-order valence-corrected chi connectivity index (χ2v) is 2.66. The SMILES string of the molecule is CCC(OC)Oc1ccccc1O. The van der Waals surface area contributed by atoms with Crippen LogP contribution in [0.5, 0.6) is 11.5 Å². The average molecular weight is 182 g/mol. The van der Waals surface area contributed by atoms with E-state index in [-0.39, 0.29) is 12.0 Å². The van der Waals surface area contributed by atoms with Gasteiger partial charge in [-0.25, -0.2) is 0 Å². The van der Waals surface area contributed by atoms with Crippen molar-refractivity contribution in [1.82, 2.24) is 0 Å². The first-order valence-electron chi connectivity index (χ1n) is 4.25. The minimum absolute atomic E-state index is 0.137. The Morgan fingerprint density at radius 3 is 2.62 bits per heavy atom. The number of phenolic OH excluding ortho intramolecular Hbond substituents is 1. The molecule has 1 N–H and O–H groups in total. The predicted molar refractivity (Wildman–Crippen MR) is 49.8 cm³/mol. The molecule has 1 rings (SSSR count). The molecule has 0 fully saturated rings. The highest BCUT2D eigenvalue weighted by molar-refractivity contribution is 5.37. The van der Waals surface area contributed by atoms with Crippen LogP contribution in [0.4, 0.5) is 0 Å². The lowest BCUT2D eigenvalue weighted by atomic mass is 10.3. The van der Waals surface area contributed by atoms with Crippen molar-refractivity contribution in [1.29, 1.82) is 0 Å². The summed E-state index contributed by atoms with van der Waals surface area (Å²) in [7, 11) is 1.58. The van der Waals surface area contributed by atoms with Crippen LogP contribution >= 0.6 is 0 Å². The summed E-state index contributed by atoms with van der Waals surface area (Å²) in [5.74, 6) is 0.592. The molecule has 0 saturated carbocycles. The van der Waals surface area contributed by atoms with Crippen molar-refractivity contribution < 1.29 is 14.6 Å². The van der Waals surface area contributed by atoms with Gasteiger partial charge in [0.2, 0.25) is 0 Å². The molecule has 3 heteroatoms. The third-order valence-electron chi connectivity index (χ3n) is 1.72. The van der Waals surface area contributed by atoms with E-state index in [1.807, 2.05) is 6.92 Å². The first kappa shape index (κ1) is 9.86. The number of methoxy groups -OCH3 is 1. The standard InChI is InChI=1S/C10H14O3/c1-3-10(12-2)13-9-7-5-4-6-8(9)11/h4-7,10-11H,3H2,1-2H3. The van der Waals surface area contributed by atoms with Crippen molar-refractivity contribution in [3.63, 3.8) is 0 Å². The molecule has 72 valence electrons. The van der Waals surface area contributed by atoms with E-state index in [1.165, 1.54) is 0 Å². The molecular formula is C10H14O3. The van der Waals surface area contributed by atoms with Gasteiger partial charge in [0, 0.05) is 13.5 Å². The van der Waals surface area contributed by atoms with Crippen LogP contribution in [0.15, 0.2) is 24.3 Å². The number of para-hydroxylation sites is 2. The van der Waals surface area contributed by atoms with E-state index in [1.54, 1.807) is 31.4 Å². The summed E-state index contributed by atoms with van der Waals surface area (Å²) in [5.41, 5.74) is 0. The summed E-state index contributed by atoms with van der Waals surface area (Å²) in [5, 5.41) is 9.37. The van der Waals surface area contributed by atoms with Crippen LogP contribution in [0.25, 0.3) is 0 Å². The number of aromatic hydroxyl groups is 1. The molecule has 1 unspecified atom stereocenters. The summed E-state index contributed by atoms with van der Waals surface area (Å²) in [6.07, 6.45) is 0.443. The van der Waals surface area contributed by atoms with Gasteiger partial charge in [0.05, 0.1) is 0 Å². The Hall–Kier alpha value is -1.22. The molecule has 0 saturated heterocycles. The molecule has 0 bridgehead atoms. The fourth-order valence-electron chi connectivity index (χ4n) is 0.997. The number of hydrogen-bond acceptors (Lipinski definition) is 3. The Labute approximate surface area is 77.9 Å². The summed E-state index contributed by atoms with van der Waals surface area (Å²) < 4.78 is 10.4. The van der Waals surface area contributed by atoms with Crippen LogP contribution < -0.4 is 4.74 Å². The van der Waals surface area contributed by atoms with Crippen LogP contribution in [-0.2, 0) is 4.74 Å². The molecule has 0 aromatic heterocycles. The molecule has 1 atom stereocenters. The summed E-state index contributed by atoms with van der Waals surface area (Å²) in [6.45, 7) is 1.95. The second-order valence-electron chi connectivity index (χ2n) is 2.66. The molecule has 0 radical (unpaired) electrons. The molecular weight excluding hydrogens is 168 g/mol. The Kier molecular flexibility index (Phi) is 3.58. The van der Waals surface area contributed by atoms with Crippen LogP contribution in [0, 0.1) is 0 Å². The monoisotopic (exact) mass is 182 g/mol. The number of ether oxygens (including phenoxy) is 2. The quantitative estimate of drug-likeness (QED) is 0.725. The lowest BCUT2D eigenvalue weighted by Crippen LogP contribution is -2.17. The number of benzene rings is 1. The van der Waals surface area contributed by atoms with Crippen molar-refractivity contribution in [2.75, 3.05) is 7.11 Å². The minimum Gasteiger partial charge on any atom is -0.504 e. The van der Waals surface area contributed by atoms with Crippen molar-refractivity contribution in [3.05, 3.63) is 24.3 Å². The fourth-order valence-corrected chi connectivity index (χ4v) is 0.997. The Morgan fingerprint density at radius 2 is 2.08 bits per heavy atom. The summed E-state index contributed by atoms with van der Waals surface area (Å²) in [6, 6.07) is 6.84. The molecule has 0 aliphatic rings. The van der Waals surface area contributed by atoms with Gasteiger partial charge in [-0.05, 0) is 12.1 Å². The Balaban J connectivity index is 2.67. The average Bonchev–Trinajstić information content (AvgIpc) is 2.17. The lowest BCUT2D eigenvalue weighted by Gasteiger charge is -2.15. The molecule has 3 nitrogen and oxygen atoms in total. The molecule has 1 aromatic rings. The van der Waals surface area contributed by atoms with Gasteiger partial charge < -0.3 is 14.6 Å². The van der Waals surface area contributed by atoms with E-state index in [0.29, 0.717) is 5.75 Å². The zero-order valence-corrected chi connectivity index (χ0v) is 7.86. The number of rotatable bonds is 4. The molecule has 0 amide bonds. The smallest absolute Gasteiger partial charge is 0.199 e. The van der Waals surface area contributed by atoms with E-state index in [0.717, 1.165) is 6.42 Å². The second kappa shape index (κ2) is 4.72. The zero-order chi connectivity index (χ0) is 9.68. The first-order valence-corrected chi connectivity index (χ1v) is 4.25. The third kappa shape index (κ3) is 2.63. The minimum atomic E-state index is -0.298. The Bertz CT molecular complexity index is 256. The van der Waals surface area contributed by atoms with E-state index < -0.39 is 0 Å². The lowest BCUT2D eigenvalue weighted by molar-refractivity contribution is -0.0559. The zero-order valence-electron chi connectivity index (χ0n) is 7.86. The van der Waals surface area contributed by atoms with Gasteiger partial charge in [-0.2, -0.15) is 0 Å². The maximum Gasteiger partial charge on any atom is 0.199 e. The van der Waals surface area contributed by atoms with Gasteiger partial charge in [0.25, 0.3) is 0 Å². The molecule has 0 spiro atoms. The number of hydrogen-bond donors (Lipinski definition) is 1. The Morgan fingerprint density at radius 1 is 1.38 bits per heavy atom. The predicted octanol–water partition coefficient (Wildman–Crippen LogP) is 2.15. The first-order chi connectivity index (χ1) is 6.27. The number of phenols is 1. The maximum atomic E-state index is 9.37. The van der Waals surface area contributed by atoms with Gasteiger partial charge in [-0.15, -0.1) is 0 Å². The van der Waals surface area contributed by atoms with Gasteiger partial charge in [-0.3, -0.25) is 0 Å². The van der Waals surface area contributed by atoms with Crippen molar-refractivity contribution in [2.45, 2.75) is 19.6 Å². The molecule has 0 heterocycles. The highest BCUT2D eigenvalue weighted by Gasteiger charge is 2.08. The largest absolute Gasteiger partial charge is 0.504 e. The third-order valence-corrected chi connectivity index (χ3v) is 1.72. The molecule has 0 aliphatic heterocycles. The van der Waals surface area contributed by atoms with Crippen molar-refractivity contribution >= 4 is 0 Å². The topological polar surface area (TPSA) is 38.7 Å². The molecule has 0 aliphatic carbocycles.